The molecule has 1 atom stereocenters. The molecule has 0 spiro atoms. The Labute approximate surface area is 144 Å². The number of aliphatic carboxylic acids is 1. The molecule has 0 fully saturated rings. The average molecular weight is 352 g/mol. The number of carboxylic acid groups (broad SMARTS) is 1. The number of halogens is 2. The smallest absolute Gasteiger partial charge is 0.305 e. The molecule has 0 saturated carbocycles. The van der Waals surface area contributed by atoms with Gasteiger partial charge in [0.25, 0.3) is 0 Å². The molecule has 0 aliphatic heterocycles. The predicted molar refractivity (Wildman–Crippen MR) is 91.6 cm³/mol. The summed E-state index contributed by atoms with van der Waals surface area (Å²) in [6.07, 6.45) is -0.175. The summed E-state index contributed by atoms with van der Waals surface area (Å²) in [6.45, 7) is 5.60. The van der Waals surface area contributed by atoms with Crippen molar-refractivity contribution in [3.8, 4) is 11.3 Å². The van der Waals surface area contributed by atoms with Crippen LogP contribution >= 0.6 is 11.6 Å². The number of carbonyl (C=O) groups is 1. The van der Waals surface area contributed by atoms with Gasteiger partial charge in [-0.25, -0.2) is 9.37 Å². The van der Waals surface area contributed by atoms with E-state index >= 15 is 0 Å². The van der Waals surface area contributed by atoms with Crippen molar-refractivity contribution in [1.82, 2.24) is 9.97 Å². The molecular formula is C17H19ClFN3O2. The highest BCUT2D eigenvalue weighted by Gasteiger charge is 2.29. The third-order valence-electron chi connectivity index (χ3n) is 3.61. The Morgan fingerprint density at radius 3 is 2.46 bits per heavy atom. The molecular weight excluding hydrogens is 333 g/mol. The van der Waals surface area contributed by atoms with Crippen molar-refractivity contribution in [1.29, 1.82) is 0 Å². The zero-order chi connectivity index (χ0) is 17.9. The maximum atomic E-state index is 14.8. The maximum absolute atomic E-state index is 14.8. The lowest BCUT2D eigenvalue weighted by molar-refractivity contribution is -0.137. The SMILES string of the molecule is CC(C)(C)[C@@H](CC(=O)O)Nc1nc(Cl)nc(-c2ccccc2)c1F. The number of nitrogens with one attached hydrogen (secondary N) is 1. The molecule has 0 aliphatic carbocycles. The summed E-state index contributed by atoms with van der Waals surface area (Å²) in [4.78, 5) is 18.9. The van der Waals surface area contributed by atoms with E-state index in [4.69, 9.17) is 16.7 Å². The summed E-state index contributed by atoms with van der Waals surface area (Å²) >= 11 is 5.93. The van der Waals surface area contributed by atoms with Gasteiger partial charge in [-0.05, 0) is 17.0 Å². The lowest BCUT2D eigenvalue weighted by Gasteiger charge is -2.31. The lowest BCUT2D eigenvalue weighted by Crippen LogP contribution is -2.36. The zero-order valence-electron chi connectivity index (χ0n) is 13.7. The number of aromatic nitrogens is 2. The Hall–Kier alpha value is -2.21. The van der Waals surface area contributed by atoms with E-state index in [2.05, 4.69) is 15.3 Å². The molecule has 0 saturated heterocycles. The van der Waals surface area contributed by atoms with E-state index in [1.54, 1.807) is 24.3 Å². The fraction of sp³-hybridized carbons (Fsp3) is 0.353. The van der Waals surface area contributed by atoms with Gasteiger partial charge >= 0.3 is 5.97 Å². The molecule has 0 amide bonds. The van der Waals surface area contributed by atoms with Gasteiger partial charge in [0.2, 0.25) is 5.28 Å². The molecule has 2 aromatic rings. The van der Waals surface area contributed by atoms with Crippen LogP contribution in [0.25, 0.3) is 11.3 Å². The highest BCUT2D eigenvalue weighted by atomic mass is 35.5. The van der Waals surface area contributed by atoms with E-state index in [9.17, 15) is 9.18 Å². The molecule has 7 heteroatoms. The van der Waals surface area contributed by atoms with Crippen LogP contribution in [0.1, 0.15) is 27.2 Å². The quantitative estimate of drug-likeness (QED) is 0.788. The van der Waals surface area contributed by atoms with Crippen molar-refractivity contribution in [2.24, 2.45) is 5.41 Å². The number of hydrogen-bond donors (Lipinski definition) is 2. The van der Waals surface area contributed by atoms with E-state index in [-0.39, 0.29) is 23.2 Å². The molecule has 1 heterocycles. The summed E-state index contributed by atoms with van der Waals surface area (Å²) in [5.41, 5.74) is 0.212. The summed E-state index contributed by atoms with van der Waals surface area (Å²) in [7, 11) is 0. The van der Waals surface area contributed by atoms with E-state index in [0.29, 0.717) is 5.56 Å². The molecule has 2 N–H and O–H groups in total. The molecule has 2 rings (SSSR count). The van der Waals surface area contributed by atoms with Crippen LogP contribution in [0.5, 0.6) is 0 Å². The van der Waals surface area contributed by atoms with Gasteiger partial charge in [-0.15, -0.1) is 0 Å². The fourth-order valence-electron chi connectivity index (χ4n) is 2.22. The molecule has 1 aromatic carbocycles. The fourth-order valence-corrected chi connectivity index (χ4v) is 2.39. The number of anilines is 1. The zero-order valence-corrected chi connectivity index (χ0v) is 14.4. The van der Waals surface area contributed by atoms with Gasteiger partial charge < -0.3 is 10.4 Å². The Kier molecular flexibility index (Phi) is 5.39. The number of carboxylic acids is 1. The first kappa shape index (κ1) is 18.1. The van der Waals surface area contributed by atoms with Crippen molar-refractivity contribution < 1.29 is 14.3 Å². The normalized spacial score (nSPS) is 12.7. The molecule has 0 aliphatic rings. The molecule has 0 bridgehead atoms. The van der Waals surface area contributed by atoms with Gasteiger partial charge in [-0.1, -0.05) is 51.1 Å². The highest BCUT2D eigenvalue weighted by Crippen LogP contribution is 2.30. The van der Waals surface area contributed by atoms with Crippen LogP contribution in [-0.2, 0) is 4.79 Å². The first-order valence-electron chi connectivity index (χ1n) is 7.45. The lowest BCUT2D eigenvalue weighted by atomic mass is 9.84. The molecule has 5 nitrogen and oxygen atoms in total. The van der Waals surface area contributed by atoms with Crippen LogP contribution in [0.4, 0.5) is 10.2 Å². The Morgan fingerprint density at radius 2 is 1.92 bits per heavy atom. The molecule has 0 unspecified atom stereocenters. The van der Waals surface area contributed by atoms with Crippen molar-refractivity contribution in [3.05, 3.63) is 41.4 Å². The second kappa shape index (κ2) is 7.13. The number of hydrogen-bond acceptors (Lipinski definition) is 4. The molecule has 24 heavy (non-hydrogen) atoms. The number of nitrogens with zero attached hydrogens (tertiary/aromatic N) is 2. The summed E-state index contributed by atoms with van der Waals surface area (Å²) in [5.74, 6) is -1.74. The third-order valence-corrected chi connectivity index (χ3v) is 3.78. The topological polar surface area (TPSA) is 75.1 Å². The van der Waals surface area contributed by atoms with Gasteiger partial charge in [0.1, 0.15) is 5.69 Å². The van der Waals surface area contributed by atoms with Crippen molar-refractivity contribution in [2.45, 2.75) is 33.2 Å². The van der Waals surface area contributed by atoms with E-state index < -0.39 is 23.2 Å². The van der Waals surface area contributed by atoms with E-state index in [1.165, 1.54) is 0 Å². The Morgan fingerprint density at radius 1 is 1.29 bits per heavy atom. The van der Waals surface area contributed by atoms with Gasteiger partial charge in [0, 0.05) is 11.6 Å². The van der Waals surface area contributed by atoms with Gasteiger partial charge in [-0.3, -0.25) is 4.79 Å². The molecule has 0 radical (unpaired) electrons. The molecule has 128 valence electrons. The minimum atomic E-state index is -0.980. The minimum absolute atomic E-state index is 0.0704. The van der Waals surface area contributed by atoms with Crippen molar-refractivity contribution >= 4 is 23.4 Å². The Bertz CT molecular complexity index is 733. The van der Waals surface area contributed by atoms with Crippen LogP contribution < -0.4 is 5.32 Å². The number of benzene rings is 1. The predicted octanol–water partition coefficient (Wildman–Crippen LogP) is 4.24. The molecule has 1 aromatic heterocycles. The first-order valence-corrected chi connectivity index (χ1v) is 7.83. The summed E-state index contributed by atoms with van der Waals surface area (Å²) in [6, 6.07) is 8.24. The van der Waals surface area contributed by atoms with E-state index in [0.717, 1.165) is 0 Å². The minimum Gasteiger partial charge on any atom is -0.481 e. The standard InChI is InChI=1S/C17H19ClFN3O2/c1-17(2,3)11(9-12(23)24)20-15-13(19)14(21-16(18)22-15)10-7-5-4-6-8-10/h4-8,11H,9H2,1-3H3,(H,23,24)(H,20,21,22)/t11-/m1/s1. The highest BCUT2D eigenvalue weighted by molar-refractivity contribution is 6.28. The van der Waals surface area contributed by atoms with Crippen molar-refractivity contribution in [3.63, 3.8) is 0 Å². The van der Waals surface area contributed by atoms with Crippen LogP contribution in [0.15, 0.2) is 30.3 Å². The van der Waals surface area contributed by atoms with Gasteiger partial charge in [0.05, 0.1) is 6.42 Å². The largest absolute Gasteiger partial charge is 0.481 e. The summed E-state index contributed by atoms with van der Waals surface area (Å²) in [5, 5.41) is 11.9. The number of rotatable bonds is 5. The van der Waals surface area contributed by atoms with Crippen LogP contribution in [-0.4, -0.2) is 27.1 Å². The monoisotopic (exact) mass is 351 g/mol. The van der Waals surface area contributed by atoms with Gasteiger partial charge in [-0.2, -0.15) is 4.98 Å². The first-order chi connectivity index (χ1) is 11.2. The second-order valence-corrected chi connectivity index (χ2v) is 6.87. The van der Waals surface area contributed by atoms with Crippen LogP contribution in [0.3, 0.4) is 0 Å². The average Bonchev–Trinajstić information content (AvgIpc) is 2.49. The van der Waals surface area contributed by atoms with Crippen LogP contribution in [0.2, 0.25) is 5.28 Å². The third kappa shape index (κ3) is 4.41. The van der Waals surface area contributed by atoms with Crippen LogP contribution in [0, 0.1) is 11.2 Å². The summed E-state index contributed by atoms with van der Waals surface area (Å²) < 4.78 is 14.8. The van der Waals surface area contributed by atoms with Gasteiger partial charge in [0.15, 0.2) is 11.6 Å². The Balaban J connectivity index is 2.43. The second-order valence-electron chi connectivity index (χ2n) is 6.53. The maximum Gasteiger partial charge on any atom is 0.305 e. The van der Waals surface area contributed by atoms with Crippen molar-refractivity contribution in [2.75, 3.05) is 5.32 Å². The van der Waals surface area contributed by atoms with E-state index in [1.807, 2.05) is 26.8 Å².